The van der Waals surface area contributed by atoms with Gasteiger partial charge in [0.05, 0.1) is 27.6 Å². The number of benzene rings is 2. The number of ether oxygens (including phenoxy) is 1. The summed E-state index contributed by atoms with van der Waals surface area (Å²) >= 11 is 12.0. The van der Waals surface area contributed by atoms with Crippen LogP contribution in [0.2, 0.25) is 10.0 Å². The number of aliphatic hydroxyl groups is 1. The molecule has 0 aromatic heterocycles. The van der Waals surface area contributed by atoms with Gasteiger partial charge in [0.2, 0.25) is 10.0 Å². The van der Waals surface area contributed by atoms with Gasteiger partial charge in [-0.2, -0.15) is 9.57 Å². The van der Waals surface area contributed by atoms with Gasteiger partial charge in [0.15, 0.2) is 0 Å². The van der Waals surface area contributed by atoms with Crippen molar-refractivity contribution in [1.82, 2.24) is 4.31 Å². The molecule has 1 N–H and O–H groups in total. The number of hydrogen-bond donors (Lipinski definition) is 1. The summed E-state index contributed by atoms with van der Waals surface area (Å²) in [5, 5.41) is 20.5. The number of nitriles is 1. The van der Waals surface area contributed by atoms with Gasteiger partial charge in [-0.3, -0.25) is 0 Å². The van der Waals surface area contributed by atoms with Gasteiger partial charge >= 0.3 is 0 Å². The summed E-state index contributed by atoms with van der Waals surface area (Å²) in [6.07, 6.45) is 0. The molecule has 0 spiro atoms. The van der Waals surface area contributed by atoms with E-state index in [1.54, 1.807) is 43.3 Å². The first kappa shape index (κ1) is 20.5. The molecule has 1 unspecified atom stereocenters. The molecule has 0 aliphatic carbocycles. The van der Waals surface area contributed by atoms with Crippen LogP contribution in [0.1, 0.15) is 24.1 Å². The van der Waals surface area contributed by atoms with Gasteiger partial charge in [0.1, 0.15) is 11.6 Å². The Bertz CT molecular complexity index is 1090. The Morgan fingerprint density at radius 1 is 1.25 bits per heavy atom. The molecule has 1 aliphatic rings. The van der Waals surface area contributed by atoms with Crippen LogP contribution in [-0.2, 0) is 21.3 Å². The Balaban J connectivity index is 2.16. The number of halogens is 2. The van der Waals surface area contributed by atoms with Crippen LogP contribution in [0.25, 0.3) is 0 Å². The van der Waals surface area contributed by atoms with E-state index in [9.17, 15) is 18.8 Å². The van der Waals surface area contributed by atoms with E-state index in [2.05, 4.69) is 0 Å². The van der Waals surface area contributed by atoms with Crippen LogP contribution in [0.4, 0.5) is 0 Å². The highest BCUT2D eigenvalue weighted by Gasteiger charge is 2.45. The number of sulfonamides is 1. The maximum Gasteiger partial charge on any atom is 0.293 e. The predicted molar refractivity (Wildman–Crippen MR) is 105 cm³/mol. The smallest absolute Gasteiger partial charge is 0.293 e. The van der Waals surface area contributed by atoms with Gasteiger partial charge in [-0.25, -0.2) is 8.42 Å². The Hall–Kier alpha value is -2.24. The molecule has 2 aromatic carbocycles. The molecule has 6 nitrogen and oxygen atoms in total. The second-order valence-corrected chi connectivity index (χ2v) is 8.68. The summed E-state index contributed by atoms with van der Waals surface area (Å²) in [5.74, 6) is -0.596. The summed E-state index contributed by atoms with van der Waals surface area (Å²) in [5.41, 5.74) is 0.796. The molecule has 0 saturated carbocycles. The lowest BCUT2D eigenvalue weighted by Gasteiger charge is -2.23. The fourth-order valence-electron chi connectivity index (χ4n) is 3.10. The molecule has 0 radical (unpaired) electrons. The topological polar surface area (TPSA) is 90.6 Å². The average Bonchev–Trinajstić information content (AvgIpc) is 2.87. The first-order chi connectivity index (χ1) is 13.3. The van der Waals surface area contributed by atoms with Crippen molar-refractivity contribution >= 4 is 33.2 Å². The third-order valence-corrected chi connectivity index (χ3v) is 6.94. The monoisotopic (exact) mass is 438 g/mol. The van der Waals surface area contributed by atoms with Gasteiger partial charge in [0, 0.05) is 6.54 Å². The molecule has 0 fully saturated rings. The molecule has 2 aromatic rings. The highest BCUT2D eigenvalue weighted by molar-refractivity contribution is 7.89. The summed E-state index contributed by atoms with van der Waals surface area (Å²) in [6, 6.07) is 12.0. The van der Waals surface area contributed by atoms with Crippen LogP contribution in [0.5, 0.6) is 0 Å². The van der Waals surface area contributed by atoms with Crippen LogP contribution in [0, 0.1) is 11.3 Å². The quantitative estimate of drug-likeness (QED) is 0.545. The lowest BCUT2D eigenvalue weighted by Crippen LogP contribution is -2.29. The van der Waals surface area contributed by atoms with Crippen molar-refractivity contribution in [2.75, 3.05) is 6.61 Å². The molecule has 0 bridgehead atoms. The number of hydrogen-bond acceptors (Lipinski definition) is 5. The minimum Gasteiger partial charge on any atom is -0.480 e. The van der Waals surface area contributed by atoms with Gasteiger partial charge in [-0.1, -0.05) is 47.5 Å². The summed E-state index contributed by atoms with van der Waals surface area (Å²) in [7, 11) is -3.91. The van der Waals surface area contributed by atoms with E-state index in [0.29, 0.717) is 16.1 Å². The molecular formula is C19H16Cl2N2O4S. The third kappa shape index (κ3) is 3.56. The van der Waals surface area contributed by atoms with Crippen molar-refractivity contribution in [1.29, 1.82) is 5.26 Å². The normalized spacial score (nSPS) is 18.9. The van der Waals surface area contributed by atoms with E-state index in [1.807, 2.05) is 6.07 Å². The maximum absolute atomic E-state index is 13.2. The second-order valence-electron chi connectivity index (χ2n) is 6.00. The van der Waals surface area contributed by atoms with Crippen LogP contribution in [0.15, 0.2) is 58.9 Å². The molecule has 0 amide bonds. The average molecular weight is 439 g/mol. The number of rotatable bonds is 5. The molecule has 28 heavy (non-hydrogen) atoms. The highest BCUT2D eigenvalue weighted by Crippen LogP contribution is 2.45. The van der Waals surface area contributed by atoms with Crippen molar-refractivity contribution in [3.8, 4) is 6.07 Å². The minimum absolute atomic E-state index is 0.0663. The Morgan fingerprint density at radius 3 is 2.61 bits per heavy atom. The number of nitrogens with zero attached hydrogens (tertiary/aromatic N) is 2. The summed E-state index contributed by atoms with van der Waals surface area (Å²) < 4.78 is 32.5. The third-order valence-electron chi connectivity index (χ3n) is 4.32. The first-order valence-corrected chi connectivity index (χ1v) is 10.5. The predicted octanol–water partition coefficient (Wildman–Crippen LogP) is 4.57. The van der Waals surface area contributed by atoms with Crippen LogP contribution in [-0.4, -0.2) is 24.4 Å². The Morgan fingerprint density at radius 2 is 1.96 bits per heavy atom. The lowest BCUT2D eigenvalue weighted by atomic mass is 9.99. The first-order valence-electron chi connectivity index (χ1n) is 8.32. The molecular weight excluding hydrogens is 423 g/mol. The SMILES string of the molecule is CCO/C(O)=C(/C#N)C1c2ccccc2S(=O)(=O)N1Cc1ccc(Cl)c(Cl)c1. The Kier molecular flexibility index (Phi) is 5.87. The number of aliphatic hydroxyl groups excluding tert-OH is 1. The molecule has 1 aliphatic heterocycles. The fraction of sp³-hybridized carbons (Fsp3) is 0.211. The van der Waals surface area contributed by atoms with Gasteiger partial charge in [-0.05, 0) is 36.2 Å². The van der Waals surface area contributed by atoms with E-state index in [4.69, 9.17) is 27.9 Å². The molecule has 0 saturated heterocycles. The van der Waals surface area contributed by atoms with Crippen molar-refractivity contribution in [3.63, 3.8) is 0 Å². The van der Waals surface area contributed by atoms with Crippen molar-refractivity contribution < 1.29 is 18.3 Å². The highest BCUT2D eigenvalue weighted by atomic mass is 35.5. The van der Waals surface area contributed by atoms with Crippen molar-refractivity contribution in [2.45, 2.75) is 24.4 Å². The lowest BCUT2D eigenvalue weighted by molar-refractivity contribution is 0.0952. The van der Waals surface area contributed by atoms with Crippen LogP contribution in [0.3, 0.4) is 0 Å². The van der Waals surface area contributed by atoms with Gasteiger partial charge in [0.25, 0.3) is 5.95 Å². The van der Waals surface area contributed by atoms with E-state index < -0.39 is 22.0 Å². The van der Waals surface area contributed by atoms with E-state index in [1.165, 1.54) is 6.07 Å². The van der Waals surface area contributed by atoms with Crippen molar-refractivity contribution in [2.24, 2.45) is 0 Å². The zero-order valence-electron chi connectivity index (χ0n) is 14.8. The van der Waals surface area contributed by atoms with Crippen LogP contribution < -0.4 is 0 Å². The second kappa shape index (κ2) is 8.02. The van der Waals surface area contributed by atoms with Crippen molar-refractivity contribution in [3.05, 3.63) is 75.2 Å². The molecule has 3 rings (SSSR count). The van der Waals surface area contributed by atoms with Gasteiger partial charge < -0.3 is 9.84 Å². The largest absolute Gasteiger partial charge is 0.480 e. The minimum atomic E-state index is -3.91. The molecule has 1 atom stereocenters. The molecule has 146 valence electrons. The number of fused-ring (bicyclic) bond motifs is 1. The van der Waals surface area contributed by atoms with Crippen LogP contribution >= 0.6 is 23.2 Å². The fourth-order valence-corrected chi connectivity index (χ4v) is 5.21. The summed E-state index contributed by atoms with van der Waals surface area (Å²) in [4.78, 5) is 0.0807. The van der Waals surface area contributed by atoms with E-state index in [0.717, 1.165) is 4.31 Å². The maximum atomic E-state index is 13.2. The Labute approximate surface area is 173 Å². The zero-order valence-corrected chi connectivity index (χ0v) is 17.1. The van der Waals surface area contributed by atoms with E-state index in [-0.39, 0.29) is 28.6 Å². The molecule has 9 heteroatoms. The molecule has 1 heterocycles. The van der Waals surface area contributed by atoms with Gasteiger partial charge in [-0.15, -0.1) is 0 Å². The van der Waals surface area contributed by atoms with E-state index >= 15 is 0 Å². The summed E-state index contributed by atoms with van der Waals surface area (Å²) in [6.45, 7) is 1.71. The standard InChI is InChI=1S/C19H16Cl2N2O4S/c1-2-27-19(24)14(10-22)18-13-5-3-4-6-17(13)28(25,26)23(18)11-12-7-8-15(20)16(21)9-12/h3-9,18,24H,2,11H2,1H3/b19-14-. The zero-order chi connectivity index (χ0) is 20.5.